The molecule has 1 aromatic heterocycles. The van der Waals surface area contributed by atoms with E-state index in [2.05, 4.69) is 33.8 Å². The summed E-state index contributed by atoms with van der Waals surface area (Å²) in [5, 5.41) is 9.21. The molecule has 0 aliphatic carbocycles. The Bertz CT molecular complexity index is 889. The molecule has 1 amide bonds. The van der Waals surface area contributed by atoms with Crippen LogP contribution in [0.2, 0.25) is 0 Å². The molecule has 0 spiro atoms. The second-order valence-corrected chi connectivity index (χ2v) is 6.75. The van der Waals surface area contributed by atoms with Gasteiger partial charge in [-0.1, -0.05) is 36.4 Å². The third-order valence-electron chi connectivity index (χ3n) is 4.26. The Morgan fingerprint density at radius 3 is 2.88 bits per heavy atom. The molecule has 2 aromatic carbocycles. The fourth-order valence-electron chi connectivity index (χ4n) is 2.84. The number of fused-ring (bicyclic) bond motifs is 1. The summed E-state index contributed by atoms with van der Waals surface area (Å²) in [7, 11) is 0. The number of benzene rings is 2. The lowest BCUT2D eigenvalue weighted by Gasteiger charge is -2.04. The van der Waals surface area contributed by atoms with Gasteiger partial charge in [0, 0.05) is 23.2 Å². The van der Waals surface area contributed by atoms with Crippen LogP contribution in [0.15, 0.2) is 53.9 Å². The molecule has 1 aliphatic rings. The van der Waals surface area contributed by atoms with E-state index in [1.54, 1.807) is 11.3 Å². The Hall–Kier alpha value is -2.66. The average Bonchev–Trinajstić information content (AvgIpc) is 3.19. The number of anilines is 2. The first-order chi connectivity index (χ1) is 11.7. The fraction of sp³-hybridized carbons (Fsp3) is 0.158. The topological polar surface area (TPSA) is 54.0 Å². The fourth-order valence-corrected chi connectivity index (χ4v) is 3.56. The number of rotatable bonds is 4. The molecule has 0 radical (unpaired) electrons. The SMILES string of the molecule is C[C@H]1C(=O)Nc2ccc(-c3csc(NCc4ccccc4)n3)cc21. The molecule has 1 atom stereocenters. The first-order valence-electron chi connectivity index (χ1n) is 7.89. The van der Waals surface area contributed by atoms with E-state index in [1.165, 1.54) is 5.56 Å². The number of aromatic nitrogens is 1. The summed E-state index contributed by atoms with van der Waals surface area (Å²) in [6, 6.07) is 16.3. The van der Waals surface area contributed by atoms with E-state index in [0.29, 0.717) is 0 Å². The highest BCUT2D eigenvalue weighted by molar-refractivity contribution is 7.14. The zero-order chi connectivity index (χ0) is 16.5. The van der Waals surface area contributed by atoms with Crippen molar-refractivity contribution < 1.29 is 4.79 Å². The molecule has 0 saturated heterocycles. The molecule has 0 saturated carbocycles. The van der Waals surface area contributed by atoms with Crippen LogP contribution in [0.25, 0.3) is 11.3 Å². The second-order valence-electron chi connectivity index (χ2n) is 5.89. The van der Waals surface area contributed by atoms with Gasteiger partial charge >= 0.3 is 0 Å². The van der Waals surface area contributed by atoms with Crippen LogP contribution in [0.1, 0.15) is 24.0 Å². The van der Waals surface area contributed by atoms with E-state index in [1.807, 2.05) is 42.6 Å². The maximum atomic E-state index is 11.8. The molecule has 0 bridgehead atoms. The first kappa shape index (κ1) is 14.9. The lowest BCUT2D eigenvalue weighted by molar-refractivity contribution is -0.116. The maximum Gasteiger partial charge on any atom is 0.231 e. The van der Waals surface area contributed by atoms with Crippen LogP contribution in [0.5, 0.6) is 0 Å². The van der Waals surface area contributed by atoms with Crippen molar-refractivity contribution in [2.24, 2.45) is 0 Å². The van der Waals surface area contributed by atoms with Crippen molar-refractivity contribution in [3.05, 3.63) is 65.0 Å². The standard InChI is InChI=1S/C19H17N3OS/c1-12-15-9-14(7-8-16(15)21-18(12)23)17-11-24-19(22-17)20-10-13-5-3-2-4-6-13/h2-9,11-12H,10H2,1H3,(H,20,22)(H,21,23)/t12-/m1/s1. The molecule has 24 heavy (non-hydrogen) atoms. The van der Waals surface area contributed by atoms with E-state index in [9.17, 15) is 4.79 Å². The predicted octanol–water partition coefficient (Wildman–Crippen LogP) is 4.48. The minimum Gasteiger partial charge on any atom is -0.357 e. The lowest BCUT2D eigenvalue weighted by atomic mass is 10.00. The van der Waals surface area contributed by atoms with Crippen molar-refractivity contribution in [1.29, 1.82) is 0 Å². The van der Waals surface area contributed by atoms with Gasteiger partial charge in [0.15, 0.2) is 5.13 Å². The molecule has 0 fully saturated rings. The summed E-state index contributed by atoms with van der Waals surface area (Å²) in [4.78, 5) is 16.4. The van der Waals surface area contributed by atoms with Crippen molar-refractivity contribution in [2.45, 2.75) is 19.4 Å². The largest absolute Gasteiger partial charge is 0.357 e. The Balaban J connectivity index is 1.52. The summed E-state index contributed by atoms with van der Waals surface area (Å²) in [5.41, 5.74) is 5.16. The van der Waals surface area contributed by atoms with Crippen molar-refractivity contribution in [1.82, 2.24) is 4.98 Å². The maximum absolute atomic E-state index is 11.8. The molecule has 4 nitrogen and oxygen atoms in total. The van der Waals surface area contributed by atoms with Gasteiger partial charge in [-0.25, -0.2) is 4.98 Å². The van der Waals surface area contributed by atoms with E-state index >= 15 is 0 Å². The van der Waals surface area contributed by atoms with Crippen LogP contribution in [0.3, 0.4) is 0 Å². The second kappa shape index (κ2) is 6.09. The minimum absolute atomic E-state index is 0.0608. The number of nitrogens with zero attached hydrogens (tertiary/aromatic N) is 1. The molecule has 3 aromatic rings. The van der Waals surface area contributed by atoms with Crippen molar-refractivity contribution >= 4 is 28.1 Å². The lowest BCUT2D eigenvalue weighted by Crippen LogP contribution is -2.08. The number of amides is 1. The van der Waals surface area contributed by atoms with Crippen LogP contribution in [-0.2, 0) is 11.3 Å². The molecule has 0 unspecified atom stereocenters. The zero-order valence-corrected chi connectivity index (χ0v) is 14.1. The van der Waals surface area contributed by atoms with Gasteiger partial charge in [0.2, 0.25) is 5.91 Å². The minimum atomic E-state index is -0.103. The summed E-state index contributed by atoms with van der Waals surface area (Å²) in [6.45, 7) is 2.69. The zero-order valence-electron chi connectivity index (χ0n) is 13.2. The van der Waals surface area contributed by atoms with Gasteiger partial charge in [0.05, 0.1) is 11.6 Å². The average molecular weight is 335 g/mol. The third-order valence-corrected chi connectivity index (χ3v) is 5.06. The molecule has 2 N–H and O–H groups in total. The quantitative estimate of drug-likeness (QED) is 0.739. The van der Waals surface area contributed by atoms with Crippen LogP contribution < -0.4 is 10.6 Å². The summed E-state index contributed by atoms with van der Waals surface area (Å²) < 4.78 is 0. The molecule has 1 aliphatic heterocycles. The van der Waals surface area contributed by atoms with Gasteiger partial charge in [-0.15, -0.1) is 11.3 Å². The highest BCUT2D eigenvalue weighted by atomic mass is 32.1. The third kappa shape index (κ3) is 2.78. The van der Waals surface area contributed by atoms with E-state index in [4.69, 9.17) is 0 Å². The summed E-state index contributed by atoms with van der Waals surface area (Å²) in [6.07, 6.45) is 0. The van der Waals surface area contributed by atoms with Crippen LogP contribution in [-0.4, -0.2) is 10.9 Å². The number of hydrogen-bond acceptors (Lipinski definition) is 4. The smallest absolute Gasteiger partial charge is 0.231 e. The van der Waals surface area contributed by atoms with Gasteiger partial charge in [0.25, 0.3) is 0 Å². The molecule has 4 rings (SSSR count). The van der Waals surface area contributed by atoms with Crippen LogP contribution in [0, 0.1) is 0 Å². The van der Waals surface area contributed by atoms with Crippen molar-refractivity contribution in [2.75, 3.05) is 10.6 Å². The summed E-state index contributed by atoms with van der Waals surface area (Å²) >= 11 is 1.59. The molecule has 2 heterocycles. The highest BCUT2D eigenvalue weighted by Crippen LogP contribution is 2.36. The van der Waals surface area contributed by atoms with Crippen LogP contribution >= 0.6 is 11.3 Å². The Labute approximate surface area is 144 Å². The monoisotopic (exact) mass is 335 g/mol. The Morgan fingerprint density at radius 2 is 2.04 bits per heavy atom. The normalized spacial score (nSPS) is 15.9. The van der Waals surface area contributed by atoms with Gasteiger partial charge in [-0.2, -0.15) is 0 Å². The van der Waals surface area contributed by atoms with Gasteiger partial charge in [-0.05, 0) is 30.2 Å². The summed E-state index contributed by atoms with van der Waals surface area (Å²) in [5.74, 6) is -0.0418. The number of nitrogens with one attached hydrogen (secondary N) is 2. The van der Waals surface area contributed by atoms with Gasteiger partial charge in [0.1, 0.15) is 0 Å². The van der Waals surface area contributed by atoms with E-state index in [-0.39, 0.29) is 11.8 Å². The number of hydrogen-bond donors (Lipinski definition) is 2. The van der Waals surface area contributed by atoms with E-state index < -0.39 is 0 Å². The number of carbonyl (C=O) groups is 1. The Kier molecular flexibility index (Phi) is 3.78. The van der Waals surface area contributed by atoms with Crippen molar-refractivity contribution in [3.63, 3.8) is 0 Å². The van der Waals surface area contributed by atoms with Crippen LogP contribution in [0.4, 0.5) is 10.8 Å². The van der Waals surface area contributed by atoms with Gasteiger partial charge < -0.3 is 10.6 Å². The van der Waals surface area contributed by atoms with Gasteiger partial charge in [-0.3, -0.25) is 4.79 Å². The van der Waals surface area contributed by atoms with Crippen molar-refractivity contribution in [3.8, 4) is 11.3 Å². The molecule has 120 valence electrons. The predicted molar refractivity (Wildman–Crippen MR) is 98.4 cm³/mol. The molecular formula is C19H17N3OS. The molecule has 5 heteroatoms. The Morgan fingerprint density at radius 1 is 1.21 bits per heavy atom. The number of carbonyl (C=O) groups excluding carboxylic acids is 1. The van der Waals surface area contributed by atoms with E-state index in [0.717, 1.165) is 34.2 Å². The number of thiazole rings is 1. The first-order valence-corrected chi connectivity index (χ1v) is 8.77. The highest BCUT2D eigenvalue weighted by Gasteiger charge is 2.26. The molecular weight excluding hydrogens is 318 g/mol.